The van der Waals surface area contributed by atoms with Gasteiger partial charge in [-0.3, -0.25) is 9.78 Å². The molecule has 1 aliphatic carbocycles. The predicted molar refractivity (Wildman–Crippen MR) is 124 cm³/mol. The molecule has 5 rings (SSSR count). The van der Waals surface area contributed by atoms with Gasteiger partial charge < -0.3 is 16.2 Å². The van der Waals surface area contributed by atoms with Crippen LogP contribution in [0, 0.1) is 0 Å². The lowest BCUT2D eigenvalue weighted by Gasteiger charge is -2.18. The van der Waals surface area contributed by atoms with Crippen molar-refractivity contribution in [2.45, 2.75) is 31.4 Å². The van der Waals surface area contributed by atoms with E-state index in [1.807, 2.05) is 60.7 Å². The number of rotatable bonds is 4. The highest BCUT2D eigenvalue weighted by Crippen LogP contribution is 2.32. The second-order valence-electron chi connectivity index (χ2n) is 8.01. The first-order valence-corrected chi connectivity index (χ1v) is 10.7. The maximum atomic E-state index is 13.0. The van der Waals surface area contributed by atoms with Crippen molar-refractivity contribution in [3.63, 3.8) is 0 Å². The third-order valence-electron chi connectivity index (χ3n) is 5.86. The number of carbonyl (C=O) groups is 1. The van der Waals surface area contributed by atoms with Gasteiger partial charge in [-0.1, -0.05) is 42.5 Å². The third-order valence-corrected chi connectivity index (χ3v) is 5.86. The topological polar surface area (TPSA) is 114 Å². The molecule has 0 spiro atoms. The first-order chi connectivity index (χ1) is 15.6. The van der Waals surface area contributed by atoms with Crippen LogP contribution in [0.2, 0.25) is 0 Å². The fourth-order valence-corrected chi connectivity index (χ4v) is 4.18. The number of carbonyl (C=O) groups excluding carboxylic acids is 1. The van der Waals surface area contributed by atoms with Crippen molar-refractivity contribution in [1.82, 2.24) is 20.3 Å². The maximum Gasteiger partial charge on any atom is 0.274 e. The van der Waals surface area contributed by atoms with Crippen LogP contribution in [0.1, 0.15) is 29.8 Å². The van der Waals surface area contributed by atoms with Gasteiger partial charge >= 0.3 is 0 Å². The van der Waals surface area contributed by atoms with Crippen LogP contribution in [-0.4, -0.2) is 38.1 Å². The van der Waals surface area contributed by atoms with E-state index in [1.165, 1.54) is 0 Å². The summed E-state index contributed by atoms with van der Waals surface area (Å²) in [5.41, 5.74) is 9.96. The zero-order valence-corrected chi connectivity index (χ0v) is 17.4. The summed E-state index contributed by atoms with van der Waals surface area (Å²) in [6, 6.07) is 19.0. The van der Waals surface area contributed by atoms with Crippen LogP contribution < -0.4 is 11.1 Å². The van der Waals surface area contributed by atoms with Crippen molar-refractivity contribution < 1.29 is 9.90 Å². The molecule has 7 nitrogen and oxygen atoms in total. The third kappa shape index (κ3) is 3.78. The molecular formula is C25H23N5O2. The normalized spacial score (nSPS) is 18.0. The number of hydrogen-bond donors (Lipinski definition) is 3. The molecule has 32 heavy (non-hydrogen) atoms. The van der Waals surface area contributed by atoms with Gasteiger partial charge in [0.1, 0.15) is 0 Å². The minimum Gasteiger partial charge on any atom is -0.391 e. The molecule has 160 valence electrons. The van der Waals surface area contributed by atoms with Crippen LogP contribution in [0.3, 0.4) is 0 Å². The van der Waals surface area contributed by atoms with E-state index in [-0.39, 0.29) is 17.6 Å². The molecule has 1 amide bonds. The average molecular weight is 425 g/mol. The summed E-state index contributed by atoms with van der Waals surface area (Å²) in [7, 11) is 0. The van der Waals surface area contributed by atoms with Crippen LogP contribution in [0.4, 0.5) is 5.82 Å². The number of pyridine rings is 1. The highest BCUT2D eigenvalue weighted by atomic mass is 16.3. The first kappa shape index (κ1) is 20.1. The number of nitrogens with zero attached hydrogens (tertiary/aromatic N) is 3. The van der Waals surface area contributed by atoms with E-state index in [9.17, 15) is 9.90 Å². The van der Waals surface area contributed by atoms with Gasteiger partial charge in [0.25, 0.3) is 5.91 Å². The summed E-state index contributed by atoms with van der Waals surface area (Å²) in [6.45, 7) is 0. The number of aromatic nitrogens is 3. The molecule has 1 saturated carbocycles. The van der Waals surface area contributed by atoms with E-state index in [0.29, 0.717) is 17.8 Å². The molecule has 0 radical (unpaired) electrons. The minimum absolute atomic E-state index is 0.0556. The lowest BCUT2D eigenvalue weighted by atomic mass is 10.0. The summed E-state index contributed by atoms with van der Waals surface area (Å²) < 4.78 is 0. The van der Waals surface area contributed by atoms with Crippen LogP contribution in [0.15, 0.2) is 66.9 Å². The molecule has 0 aliphatic heterocycles. The second kappa shape index (κ2) is 8.36. The molecule has 1 fully saturated rings. The largest absolute Gasteiger partial charge is 0.391 e. The van der Waals surface area contributed by atoms with Gasteiger partial charge in [-0.15, -0.1) is 0 Å². The molecule has 2 unspecified atom stereocenters. The van der Waals surface area contributed by atoms with Gasteiger partial charge in [0.2, 0.25) is 0 Å². The highest BCUT2D eigenvalue weighted by molar-refractivity contribution is 5.98. The second-order valence-corrected chi connectivity index (χ2v) is 8.01. The Morgan fingerprint density at radius 2 is 1.78 bits per heavy atom. The Morgan fingerprint density at radius 3 is 2.56 bits per heavy atom. The predicted octanol–water partition coefficient (Wildman–Crippen LogP) is 3.58. The number of benzene rings is 2. The molecule has 4 aromatic rings. The summed E-state index contributed by atoms with van der Waals surface area (Å²) >= 11 is 0. The van der Waals surface area contributed by atoms with Gasteiger partial charge in [0.05, 0.1) is 29.1 Å². The standard InChI is InChI=1S/C25H23N5O2/c26-24-23(25(32)28-19-9-4-10-20(19)31)29-22(21(30-24)15-6-2-1-3-7-15)17-11-12-18-16(14-17)8-5-13-27-18/h1-3,5-8,11-14,19-20,31H,4,9-10H2,(H2,26,30)(H,28,32). The first-order valence-electron chi connectivity index (χ1n) is 10.7. The Morgan fingerprint density at radius 1 is 0.969 bits per heavy atom. The van der Waals surface area contributed by atoms with Gasteiger partial charge in [-0.05, 0) is 37.5 Å². The Labute approximate surface area is 185 Å². The van der Waals surface area contributed by atoms with E-state index in [4.69, 9.17) is 10.7 Å². The molecule has 0 saturated heterocycles. The molecule has 1 aliphatic rings. The number of nitrogens with two attached hydrogens (primary N) is 1. The summed E-state index contributed by atoms with van der Waals surface area (Å²) in [5.74, 6) is -0.371. The van der Waals surface area contributed by atoms with Crippen molar-refractivity contribution in [1.29, 1.82) is 0 Å². The van der Waals surface area contributed by atoms with Gasteiger partial charge in [0.15, 0.2) is 11.5 Å². The van der Waals surface area contributed by atoms with E-state index in [0.717, 1.165) is 34.9 Å². The highest BCUT2D eigenvalue weighted by Gasteiger charge is 2.29. The van der Waals surface area contributed by atoms with Crippen molar-refractivity contribution in [2.24, 2.45) is 0 Å². The van der Waals surface area contributed by atoms with Crippen LogP contribution in [0.25, 0.3) is 33.4 Å². The summed E-state index contributed by atoms with van der Waals surface area (Å²) in [5, 5.41) is 13.9. The van der Waals surface area contributed by atoms with E-state index in [1.54, 1.807) is 6.20 Å². The quantitative estimate of drug-likeness (QED) is 0.460. The number of aliphatic hydroxyl groups excluding tert-OH is 1. The van der Waals surface area contributed by atoms with Gasteiger partial charge in [0, 0.05) is 22.7 Å². The van der Waals surface area contributed by atoms with Gasteiger partial charge in [-0.2, -0.15) is 0 Å². The fourth-order valence-electron chi connectivity index (χ4n) is 4.18. The molecule has 2 atom stereocenters. The molecule has 4 N–H and O–H groups in total. The van der Waals surface area contributed by atoms with Crippen molar-refractivity contribution in [3.05, 3.63) is 72.6 Å². The Kier molecular flexibility index (Phi) is 5.25. The number of aliphatic hydroxyl groups is 1. The molecule has 7 heteroatoms. The molecular weight excluding hydrogens is 402 g/mol. The molecule has 0 bridgehead atoms. The zero-order chi connectivity index (χ0) is 22.1. The average Bonchev–Trinajstić information content (AvgIpc) is 3.23. The van der Waals surface area contributed by atoms with Crippen molar-refractivity contribution in [2.75, 3.05) is 5.73 Å². The van der Waals surface area contributed by atoms with E-state index in [2.05, 4.69) is 15.3 Å². The number of anilines is 1. The molecule has 2 heterocycles. The van der Waals surface area contributed by atoms with Crippen molar-refractivity contribution >= 4 is 22.6 Å². The number of amides is 1. The SMILES string of the molecule is Nc1nc(-c2ccccc2)c(-c2ccc3ncccc3c2)nc1C(=O)NC1CCCC1O. The lowest BCUT2D eigenvalue weighted by molar-refractivity contribution is 0.0869. The van der Waals surface area contributed by atoms with Crippen LogP contribution >= 0.6 is 0 Å². The van der Waals surface area contributed by atoms with Crippen LogP contribution in [-0.2, 0) is 0 Å². The maximum absolute atomic E-state index is 13.0. The zero-order valence-electron chi connectivity index (χ0n) is 17.4. The van der Waals surface area contributed by atoms with Gasteiger partial charge in [-0.25, -0.2) is 9.97 Å². The molecule has 2 aromatic heterocycles. The fraction of sp³-hybridized carbons (Fsp3) is 0.200. The minimum atomic E-state index is -0.552. The number of nitrogens with one attached hydrogen (secondary N) is 1. The van der Waals surface area contributed by atoms with E-state index >= 15 is 0 Å². The lowest BCUT2D eigenvalue weighted by Crippen LogP contribution is -2.40. The number of hydrogen-bond acceptors (Lipinski definition) is 6. The molecule has 2 aromatic carbocycles. The van der Waals surface area contributed by atoms with Crippen LogP contribution in [0.5, 0.6) is 0 Å². The number of nitrogen functional groups attached to an aromatic ring is 1. The smallest absolute Gasteiger partial charge is 0.274 e. The summed E-state index contributed by atoms with van der Waals surface area (Å²) in [4.78, 5) is 26.7. The Balaban J connectivity index is 1.63. The van der Waals surface area contributed by atoms with Crippen molar-refractivity contribution in [3.8, 4) is 22.5 Å². The number of fused-ring (bicyclic) bond motifs is 1. The van der Waals surface area contributed by atoms with E-state index < -0.39 is 12.0 Å². The Bertz CT molecular complexity index is 1290. The Hall–Kier alpha value is -3.84. The summed E-state index contributed by atoms with van der Waals surface area (Å²) in [6.07, 6.45) is 3.48. The monoisotopic (exact) mass is 425 g/mol.